The first-order chi connectivity index (χ1) is 13.1. The molecule has 9 heteroatoms. The van der Waals surface area contributed by atoms with E-state index in [0.717, 1.165) is 11.4 Å². The number of primary amides is 1. The van der Waals surface area contributed by atoms with Gasteiger partial charge in [-0.15, -0.1) is 0 Å². The Balaban J connectivity index is 1.68. The van der Waals surface area contributed by atoms with Gasteiger partial charge in [0.05, 0.1) is 25.2 Å². The smallest absolute Gasteiger partial charge is 0.287 e. The Kier molecular flexibility index (Phi) is 3.98. The van der Waals surface area contributed by atoms with E-state index in [-0.39, 0.29) is 4.59 Å². The molecule has 0 spiro atoms. The van der Waals surface area contributed by atoms with E-state index in [0.29, 0.717) is 23.2 Å². The molecule has 2 aromatic rings. The van der Waals surface area contributed by atoms with Gasteiger partial charge in [-0.25, -0.2) is 4.98 Å². The number of carbonyl (C=O) groups is 1. The summed E-state index contributed by atoms with van der Waals surface area (Å²) in [6, 6.07) is 10.5. The van der Waals surface area contributed by atoms with Gasteiger partial charge in [-0.1, -0.05) is 4.59 Å². The van der Waals surface area contributed by atoms with Gasteiger partial charge in [0.15, 0.2) is 11.9 Å². The maximum atomic E-state index is 11.3. The van der Waals surface area contributed by atoms with Gasteiger partial charge in [0.1, 0.15) is 6.21 Å². The molecule has 2 aliphatic rings. The van der Waals surface area contributed by atoms with Crippen LogP contribution in [0.4, 0.5) is 11.4 Å². The highest BCUT2D eigenvalue weighted by Gasteiger charge is 2.42. The fourth-order valence-corrected chi connectivity index (χ4v) is 2.77. The Morgan fingerprint density at radius 3 is 2.67 bits per heavy atom. The molecule has 1 aromatic carbocycles. The molecule has 0 radical (unpaired) electrons. The van der Waals surface area contributed by atoms with E-state index in [4.69, 9.17) is 15.6 Å². The highest BCUT2D eigenvalue weighted by atomic mass is 16.5. The van der Waals surface area contributed by atoms with Crippen LogP contribution in [-0.4, -0.2) is 36.0 Å². The van der Waals surface area contributed by atoms with Crippen LogP contribution in [0.5, 0.6) is 5.88 Å². The molecule has 1 unspecified atom stereocenters. The molecule has 1 atom stereocenters. The van der Waals surface area contributed by atoms with Crippen molar-refractivity contribution >= 4 is 35.3 Å². The number of anilines is 1. The van der Waals surface area contributed by atoms with E-state index in [2.05, 4.69) is 20.3 Å². The zero-order valence-corrected chi connectivity index (χ0v) is 14.4. The number of hydrogen-bond acceptors (Lipinski definition) is 7. The Morgan fingerprint density at radius 2 is 2.00 bits per heavy atom. The molecule has 0 bridgehead atoms. The Labute approximate surface area is 154 Å². The summed E-state index contributed by atoms with van der Waals surface area (Å²) in [7, 11) is 1.56. The number of quaternary nitrogens is 1. The van der Waals surface area contributed by atoms with Crippen LogP contribution in [0, 0.1) is 0 Å². The van der Waals surface area contributed by atoms with Crippen molar-refractivity contribution in [1.29, 1.82) is 0 Å². The molecule has 134 valence electrons. The number of rotatable bonds is 4. The van der Waals surface area contributed by atoms with Crippen molar-refractivity contribution in [3.05, 3.63) is 60.6 Å². The lowest BCUT2D eigenvalue weighted by Gasteiger charge is -2.23. The van der Waals surface area contributed by atoms with Gasteiger partial charge < -0.3 is 15.8 Å². The maximum absolute atomic E-state index is 11.3. The van der Waals surface area contributed by atoms with Crippen molar-refractivity contribution in [3.63, 3.8) is 0 Å². The number of nitrogens with one attached hydrogen (secondary N) is 1. The average Bonchev–Trinajstić information content (AvgIpc) is 3.07. The van der Waals surface area contributed by atoms with Gasteiger partial charge in [-0.05, 0) is 23.3 Å². The molecule has 0 saturated carbocycles. The van der Waals surface area contributed by atoms with E-state index < -0.39 is 5.91 Å². The standard InChI is InChI=1S/C18H15N7O2/c1-27-16-7-4-13(10-21-16)22-18-23-15-11-20-8-9-25(15,24-18)14-5-2-12(3-6-14)17(19)26/h2-11H,1H3,(H2-,19,22,24,26)/p+1. The minimum atomic E-state index is -0.481. The van der Waals surface area contributed by atoms with Crippen molar-refractivity contribution in [2.45, 2.75) is 0 Å². The number of amidine groups is 1. The van der Waals surface area contributed by atoms with Crippen LogP contribution < -0.4 is 20.4 Å². The highest BCUT2D eigenvalue weighted by Crippen LogP contribution is 2.31. The number of nitrogens with two attached hydrogens (primary N) is 1. The van der Waals surface area contributed by atoms with E-state index in [1.165, 1.54) is 0 Å². The van der Waals surface area contributed by atoms with Crippen LogP contribution in [0.3, 0.4) is 0 Å². The number of aliphatic imine (C=N–C) groups is 2. The molecule has 4 rings (SSSR count). The first kappa shape index (κ1) is 16.6. The lowest BCUT2D eigenvalue weighted by molar-refractivity contribution is 0.100. The molecular weight excluding hydrogens is 346 g/mol. The number of benzene rings is 1. The first-order valence-electron chi connectivity index (χ1n) is 8.07. The third kappa shape index (κ3) is 2.96. The average molecular weight is 362 g/mol. The second kappa shape index (κ2) is 6.46. The fraction of sp³-hybridized carbons (Fsp3) is 0.0556. The number of fused-ring (bicyclic) bond motifs is 1. The summed E-state index contributed by atoms with van der Waals surface area (Å²) in [5.74, 6) is 1.07. The Hall–Kier alpha value is -3.85. The van der Waals surface area contributed by atoms with Crippen molar-refractivity contribution < 1.29 is 9.53 Å². The molecule has 0 fully saturated rings. The van der Waals surface area contributed by atoms with Crippen LogP contribution >= 0.6 is 0 Å². The van der Waals surface area contributed by atoms with Crippen LogP contribution in [0.25, 0.3) is 0 Å². The zero-order valence-electron chi connectivity index (χ0n) is 14.4. The van der Waals surface area contributed by atoms with Gasteiger partial charge >= 0.3 is 0 Å². The number of aromatic nitrogens is 1. The minimum absolute atomic E-state index is 0.00839. The number of pyridine rings is 1. The fourth-order valence-electron chi connectivity index (χ4n) is 2.77. The van der Waals surface area contributed by atoms with Gasteiger partial charge in [0.25, 0.3) is 11.8 Å². The van der Waals surface area contributed by atoms with Crippen molar-refractivity contribution in [2.75, 3.05) is 12.4 Å². The van der Waals surface area contributed by atoms with Crippen LogP contribution in [0.1, 0.15) is 10.4 Å². The van der Waals surface area contributed by atoms with Crippen LogP contribution in [0.15, 0.2) is 70.1 Å². The SMILES string of the molecule is COc1ccc(NC2=N[N+]3(c4ccc(C(N)=O)cc4)C=CN=CC3=N2)cn1. The summed E-state index contributed by atoms with van der Waals surface area (Å²) >= 11 is 0. The monoisotopic (exact) mass is 362 g/mol. The van der Waals surface area contributed by atoms with Gasteiger partial charge in [0, 0.05) is 23.8 Å². The predicted molar refractivity (Wildman–Crippen MR) is 104 cm³/mol. The summed E-state index contributed by atoms with van der Waals surface area (Å²) in [4.78, 5) is 24.2. The largest absolute Gasteiger partial charge is 0.481 e. The topological polar surface area (TPSA) is 114 Å². The number of hydrogen-bond donors (Lipinski definition) is 2. The number of guanidine groups is 1. The summed E-state index contributed by atoms with van der Waals surface area (Å²) in [5.41, 5.74) is 7.27. The van der Waals surface area contributed by atoms with Gasteiger partial charge in [-0.3, -0.25) is 9.79 Å². The minimum Gasteiger partial charge on any atom is -0.481 e. The van der Waals surface area contributed by atoms with Crippen LogP contribution in [-0.2, 0) is 0 Å². The molecule has 0 aliphatic carbocycles. The molecule has 3 N–H and O–H groups in total. The number of ether oxygens (including phenoxy) is 1. The first-order valence-corrected chi connectivity index (χ1v) is 8.07. The Bertz CT molecular complexity index is 1010. The lowest BCUT2D eigenvalue weighted by Crippen LogP contribution is -2.44. The molecule has 27 heavy (non-hydrogen) atoms. The summed E-state index contributed by atoms with van der Waals surface area (Å²) in [6.07, 6.45) is 6.74. The van der Waals surface area contributed by atoms with E-state index in [1.807, 2.05) is 6.07 Å². The number of methoxy groups -OCH3 is 1. The van der Waals surface area contributed by atoms with Crippen molar-refractivity contribution in [3.8, 4) is 5.88 Å². The molecule has 0 saturated heterocycles. The second-order valence-electron chi connectivity index (χ2n) is 5.78. The highest BCUT2D eigenvalue weighted by molar-refractivity contribution is 6.38. The maximum Gasteiger partial charge on any atom is 0.287 e. The third-order valence-electron chi connectivity index (χ3n) is 4.13. The summed E-state index contributed by atoms with van der Waals surface area (Å²) < 4.78 is 5.07. The van der Waals surface area contributed by atoms with Crippen LogP contribution in [0.2, 0.25) is 0 Å². The molecule has 9 nitrogen and oxygen atoms in total. The Morgan fingerprint density at radius 1 is 1.19 bits per heavy atom. The molecule has 2 aliphatic heterocycles. The molecule has 1 amide bonds. The molecule has 3 heterocycles. The van der Waals surface area contributed by atoms with E-state index >= 15 is 0 Å². The number of amides is 1. The lowest BCUT2D eigenvalue weighted by atomic mass is 10.2. The van der Waals surface area contributed by atoms with Crippen molar-refractivity contribution in [2.24, 2.45) is 20.8 Å². The van der Waals surface area contributed by atoms with Crippen molar-refractivity contribution in [1.82, 2.24) is 9.58 Å². The number of nitrogens with zero attached hydrogens (tertiary/aromatic N) is 5. The van der Waals surface area contributed by atoms with E-state index in [9.17, 15) is 4.79 Å². The zero-order chi connectivity index (χ0) is 18.9. The molecule has 1 aromatic heterocycles. The second-order valence-corrected chi connectivity index (χ2v) is 5.78. The predicted octanol–water partition coefficient (Wildman–Crippen LogP) is 1.85. The van der Waals surface area contributed by atoms with E-state index in [1.54, 1.807) is 62.3 Å². The normalized spacial score (nSPS) is 19.9. The van der Waals surface area contributed by atoms with Gasteiger partial charge in [-0.2, -0.15) is 4.99 Å². The number of carbonyl (C=O) groups excluding carboxylic acids is 1. The quantitative estimate of drug-likeness (QED) is 0.808. The van der Waals surface area contributed by atoms with Gasteiger partial charge in [0.2, 0.25) is 11.8 Å². The molecular formula is C18H16N7O2+. The summed E-state index contributed by atoms with van der Waals surface area (Å²) in [5, 5.41) is 7.84. The third-order valence-corrected chi connectivity index (χ3v) is 4.13. The summed E-state index contributed by atoms with van der Waals surface area (Å²) in [6.45, 7) is 0.